The van der Waals surface area contributed by atoms with Crippen LogP contribution < -0.4 is 0 Å². The van der Waals surface area contributed by atoms with Crippen molar-refractivity contribution in [1.82, 2.24) is 9.80 Å². The summed E-state index contributed by atoms with van der Waals surface area (Å²) in [4.78, 5) is 16.6. The van der Waals surface area contributed by atoms with Crippen LogP contribution in [0.25, 0.3) is 0 Å². The van der Waals surface area contributed by atoms with Crippen LogP contribution in [0, 0.1) is 5.92 Å². The van der Waals surface area contributed by atoms with Gasteiger partial charge in [-0.3, -0.25) is 9.69 Å². The summed E-state index contributed by atoms with van der Waals surface area (Å²) in [5.41, 5.74) is 1.37. The molecule has 2 atom stereocenters. The molecule has 3 heterocycles. The lowest BCUT2D eigenvalue weighted by Crippen LogP contribution is -2.54. The Kier molecular flexibility index (Phi) is 3.28. The Morgan fingerprint density at radius 3 is 3.00 bits per heavy atom. The molecule has 20 heavy (non-hydrogen) atoms. The summed E-state index contributed by atoms with van der Waals surface area (Å²) < 4.78 is 5.77. The molecule has 5 heteroatoms. The second-order valence-electron chi connectivity index (χ2n) is 6.23. The molecule has 0 unspecified atom stereocenters. The van der Waals surface area contributed by atoms with Crippen molar-refractivity contribution < 1.29 is 9.53 Å². The van der Waals surface area contributed by atoms with Gasteiger partial charge in [0.15, 0.2) is 0 Å². The number of carbonyl (C=O) groups excluding carboxylic acids is 1. The predicted molar refractivity (Wildman–Crippen MR) is 77.6 cm³/mol. The minimum atomic E-state index is 0.190. The molecule has 0 aromatic carbocycles. The summed E-state index contributed by atoms with van der Waals surface area (Å²) in [5, 5.41) is 4.33. The third-order valence-electron chi connectivity index (χ3n) is 4.59. The number of thiophene rings is 1. The lowest BCUT2D eigenvalue weighted by Gasteiger charge is -2.36. The van der Waals surface area contributed by atoms with Crippen LogP contribution in [0.5, 0.6) is 0 Å². The standard InChI is InChI=1S/C15H20N2O2S/c18-15-9-19-14-8-16(5-12-3-4-20-10-12)7-13(14)17(15)6-11-1-2-11/h3-4,10-11,13-14H,1-2,5-9H2/t13-,14-/m1/s1. The lowest BCUT2D eigenvalue weighted by atomic mass is 10.1. The fraction of sp³-hybridized carbons (Fsp3) is 0.667. The minimum Gasteiger partial charge on any atom is -0.365 e. The van der Waals surface area contributed by atoms with E-state index in [1.807, 2.05) is 0 Å². The summed E-state index contributed by atoms with van der Waals surface area (Å²) in [7, 11) is 0. The summed E-state index contributed by atoms with van der Waals surface area (Å²) in [6, 6.07) is 2.45. The number of hydrogen-bond acceptors (Lipinski definition) is 4. The third-order valence-corrected chi connectivity index (χ3v) is 5.32. The predicted octanol–water partition coefficient (Wildman–Crippen LogP) is 1.57. The molecule has 1 amide bonds. The Hall–Kier alpha value is -0.910. The Morgan fingerprint density at radius 2 is 2.25 bits per heavy atom. The minimum absolute atomic E-state index is 0.190. The van der Waals surface area contributed by atoms with E-state index in [0.29, 0.717) is 0 Å². The van der Waals surface area contributed by atoms with Gasteiger partial charge >= 0.3 is 0 Å². The summed E-state index contributed by atoms with van der Waals surface area (Å²) in [5.74, 6) is 0.944. The van der Waals surface area contributed by atoms with E-state index < -0.39 is 0 Å². The molecule has 3 fully saturated rings. The zero-order valence-electron chi connectivity index (χ0n) is 11.5. The van der Waals surface area contributed by atoms with Gasteiger partial charge in [-0.05, 0) is 41.1 Å². The van der Waals surface area contributed by atoms with E-state index in [2.05, 4.69) is 26.6 Å². The van der Waals surface area contributed by atoms with Crippen molar-refractivity contribution in [3.63, 3.8) is 0 Å². The van der Waals surface area contributed by atoms with Crippen molar-refractivity contribution in [2.45, 2.75) is 31.5 Å². The highest BCUT2D eigenvalue weighted by molar-refractivity contribution is 7.07. The quantitative estimate of drug-likeness (QED) is 0.844. The highest BCUT2D eigenvalue weighted by Gasteiger charge is 2.44. The molecule has 0 spiro atoms. The highest BCUT2D eigenvalue weighted by atomic mass is 32.1. The van der Waals surface area contributed by atoms with Crippen LogP contribution in [0.3, 0.4) is 0 Å². The van der Waals surface area contributed by atoms with Gasteiger partial charge in [-0.25, -0.2) is 0 Å². The monoisotopic (exact) mass is 292 g/mol. The van der Waals surface area contributed by atoms with Gasteiger partial charge in [0.2, 0.25) is 5.91 Å². The Morgan fingerprint density at radius 1 is 1.35 bits per heavy atom. The zero-order chi connectivity index (χ0) is 13.5. The number of nitrogens with zero attached hydrogens (tertiary/aromatic N) is 2. The highest BCUT2D eigenvalue weighted by Crippen LogP contribution is 2.33. The van der Waals surface area contributed by atoms with Crippen molar-refractivity contribution in [3.05, 3.63) is 22.4 Å². The number of likely N-dealkylation sites (tertiary alicyclic amines) is 1. The second kappa shape index (κ2) is 5.13. The molecule has 1 aromatic heterocycles. The van der Waals surface area contributed by atoms with E-state index in [1.54, 1.807) is 11.3 Å². The molecule has 1 aliphatic carbocycles. The number of hydrogen-bond donors (Lipinski definition) is 0. The van der Waals surface area contributed by atoms with Crippen molar-refractivity contribution in [1.29, 1.82) is 0 Å². The van der Waals surface area contributed by atoms with Gasteiger partial charge in [-0.2, -0.15) is 11.3 Å². The average molecular weight is 292 g/mol. The molecular formula is C15H20N2O2S. The molecule has 1 saturated carbocycles. The topological polar surface area (TPSA) is 32.8 Å². The summed E-state index contributed by atoms with van der Waals surface area (Å²) >= 11 is 1.74. The second-order valence-corrected chi connectivity index (χ2v) is 7.01. The lowest BCUT2D eigenvalue weighted by molar-refractivity contribution is -0.153. The number of morpholine rings is 1. The van der Waals surface area contributed by atoms with Gasteiger partial charge in [0, 0.05) is 26.2 Å². The SMILES string of the molecule is O=C1CO[C@@H]2CN(Cc3ccsc3)C[C@H]2N1CC1CC1. The molecular weight excluding hydrogens is 272 g/mol. The maximum absolute atomic E-state index is 12.1. The fourth-order valence-corrected chi connectivity index (χ4v) is 3.99. The number of fused-ring (bicyclic) bond motifs is 1. The van der Waals surface area contributed by atoms with Crippen LogP contribution in [-0.4, -0.2) is 54.1 Å². The first-order chi connectivity index (χ1) is 9.79. The van der Waals surface area contributed by atoms with Crippen LogP contribution >= 0.6 is 11.3 Å². The number of rotatable bonds is 4. The molecule has 4 rings (SSSR count). The smallest absolute Gasteiger partial charge is 0.248 e. The average Bonchev–Trinajstić information content (AvgIpc) is 2.95. The summed E-state index contributed by atoms with van der Waals surface area (Å²) in [6.07, 6.45) is 2.80. The molecule has 0 radical (unpaired) electrons. The molecule has 4 nitrogen and oxygen atoms in total. The van der Waals surface area contributed by atoms with Crippen LogP contribution in [-0.2, 0) is 16.1 Å². The van der Waals surface area contributed by atoms with Crippen molar-refractivity contribution in [2.24, 2.45) is 5.92 Å². The van der Waals surface area contributed by atoms with Gasteiger partial charge in [0.1, 0.15) is 6.61 Å². The molecule has 3 aliphatic rings. The maximum atomic E-state index is 12.1. The van der Waals surface area contributed by atoms with Crippen LogP contribution in [0.4, 0.5) is 0 Å². The van der Waals surface area contributed by atoms with Gasteiger partial charge < -0.3 is 9.64 Å². The van der Waals surface area contributed by atoms with Gasteiger partial charge in [-0.1, -0.05) is 0 Å². The first kappa shape index (κ1) is 12.8. The number of carbonyl (C=O) groups is 1. The zero-order valence-corrected chi connectivity index (χ0v) is 12.3. The molecule has 0 bridgehead atoms. The Balaban J connectivity index is 1.44. The van der Waals surface area contributed by atoms with E-state index in [1.165, 1.54) is 18.4 Å². The van der Waals surface area contributed by atoms with Crippen LogP contribution in [0.1, 0.15) is 18.4 Å². The molecule has 1 aromatic rings. The van der Waals surface area contributed by atoms with Gasteiger partial charge in [0.25, 0.3) is 0 Å². The molecule has 0 N–H and O–H groups in total. The van der Waals surface area contributed by atoms with Gasteiger partial charge in [-0.15, -0.1) is 0 Å². The van der Waals surface area contributed by atoms with Gasteiger partial charge in [0.05, 0.1) is 12.1 Å². The van der Waals surface area contributed by atoms with Crippen LogP contribution in [0.2, 0.25) is 0 Å². The number of amides is 1. The van der Waals surface area contributed by atoms with E-state index in [0.717, 1.165) is 32.1 Å². The third kappa shape index (κ3) is 2.50. The van der Waals surface area contributed by atoms with E-state index in [-0.39, 0.29) is 24.7 Å². The largest absolute Gasteiger partial charge is 0.365 e. The van der Waals surface area contributed by atoms with Crippen molar-refractivity contribution in [3.8, 4) is 0 Å². The molecule has 108 valence electrons. The Labute approximate surface area is 123 Å². The van der Waals surface area contributed by atoms with Crippen molar-refractivity contribution in [2.75, 3.05) is 26.2 Å². The fourth-order valence-electron chi connectivity index (χ4n) is 3.33. The Bertz CT molecular complexity index is 486. The normalized spacial score (nSPS) is 30.8. The van der Waals surface area contributed by atoms with Crippen LogP contribution in [0.15, 0.2) is 16.8 Å². The first-order valence-corrected chi connectivity index (χ1v) is 8.38. The number of ether oxygens (including phenoxy) is 1. The maximum Gasteiger partial charge on any atom is 0.248 e. The molecule has 2 saturated heterocycles. The van der Waals surface area contributed by atoms with E-state index in [9.17, 15) is 4.79 Å². The summed E-state index contributed by atoms with van der Waals surface area (Å²) in [6.45, 7) is 4.12. The first-order valence-electron chi connectivity index (χ1n) is 7.44. The molecule has 2 aliphatic heterocycles. The van der Waals surface area contributed by atoms with Crippen molar-refractivity contribution >= 4 is 17.2 Å². The van der Waals surface area contributed by atoms with E-state index >= 15 is 0 Å². The van der Waals surface area contributed by atoms with E-state index in [4.69, 9.17) is 4.74 Å².